The van der Waals surface area contributed by atoms with Crippen molar-refractivity contribution in [3.63, 3.8) is 0 Å². The molecule has 0 amide bonds. The van der Waals surface area contributed by atoms with E-state index in [1.165, 1.54) is 11.8 Å². The van der Waals surface area contributed by atoms with Crippen molar-refractivity contribution in [2.75, 3.05) is 12.5 Å². The number of carboxylic acid groups (broad SMARTS) is 1. The standard InChI is InChI=1S/C11H14O2S2/c1-11(15-3,10(12)13)8-4-6-9(14-2)7-5-8/h4-7H,1-3H3,(H,12,13). The topological polar surface area (TPSA) is 37.3 Å². The number of benzene rings is 1. The summed E-state index contributed by atoms with van der Waals surface area (Å²) in [6.45, 7) is 1.73. The minimum Gasteiger partial charge on any atom is -0.480 e. The van der Waals surface area contributed by atoms with Crippen molar-refractivity contribution in [1.82, 2.24) is 0 Å². The third kappa shape index (κ3) is 2.49. The number of aliphatic carboxylic acids is 1. The smallest absolute Gasteiger partial charge is 0.324 e. The summed E-state index contributed by atoms with van der Waals surface area (Å²) >= 11 is 2.99. The second kappa shape index (κ2) is 4.94. The van der Waals surface area contributed by atoms with E-state index in [0.29, 0.717) is 0 Å². The summed E-state index contributed by atoms with van der Waals surface area (Å²) in [4.78, 5) is 12.3. The van der Waals surface area contributed by atoms with Crippen molar-refractivity contribution in [2.24, 2.45) is 0 Å². The van der Waals surface area contributed by atoms with Gasteiger partial charge in [0.25, 0.3) is 0 Å². The highest BCUT2D eigenvalue weighted by Gasteiger charge is 2.34. The highest BCUT2D eigenvalue weighted by molar-refractivity contribution is 8.00. The van der Waals surface area contributed by atoms with E-state index in [2.05, 4.69) is 0 Å². The van der Waals surface area contributed by atoms with Crippen LogP contribution in [0.2, 0.25) is 0 Å². The monoisotopic (exact) mass is 242 g/mol. The molecule has 1 N–H and O–H groups in total. The van der Waals surface area contributed by atoms with E-state index in [9.17, 15) is 9.90 Å². The van der Waals surface area contributed by atoms with Crippen LogP contribution in [-0.2, 0) is 9.54 Å². The van der Waals surface area contributed by atoms with Gasteiger partial charge in [-0.3, -0.25) is 4.79 Å². The van der Waals surface area contributed by atoms with Gasteiger partial charge in [0.15, 0.2) is 0 Å². The quantitative estimate of drug-likeness (QED) is 0.823. The van der Waals surface area contributed by atoms with Crippen molar-refractivity contribution in [2.45, 2.75) is 16.6 Å². The molecule has 1 rings (SSSR count). The van der Waals surface area contributed by atoms with Gasteiger partial charge >= 0.3 is 5.97 Å². The fraction of sp³-hybridized carbons (Fsp3) is 0.364. The Kier molecular flexibility index (Phi) is 4.11. The van der Waals surface area contributed by atoms with Crippen LogP contribution in [0.5, 0.6) is 0 Å². The number of hydrogen-bond donors (Lipinski definition) is 1. The normalized spacial score (nSPS) is 14.6. The third-order valence-electron chi connectivity index (χ3n) is 2.46. The molecule has 15 heavy (non-hydrogen) atoms. The molecule has 0 aromatic heterocycles. The van der Waals surface area contributed by atoms with E-state index in [0.717, 1.165) is 10.5 Å². The summed E-state index contributed by atoms with van der Waals surface area (Å²) in [5.74, 6) is -0.799. The van der Waals surface area contributed by atoms with Crippen molar-refractivity contribution in [3.05, 3.63) is 29.8 Å². The molecule has 1 atom stereocenters. The maximum absolute atomic E-state index is 11.2. The van der Waals surface area contributed by atoms with Gasteiger partial charge in [0.1, 0.15) is 4.75 Å². The molecule has 1 aromatic carbocycles. The minimum atomic E-state index is -0.850. The Bertz CT molecular complexity index is 348. The van der Waals surface area contributed by atoms with Crippen LogP contribution in [0, 0.1) is 0 Å². The lowest BCUT2D eigenvalue weighted by atomic mass is 10.0. The molecule has 2 nitrogen and oxygen atoms in total. The molecule has 0 fully saturated rings. The number of thioether (sulfide) groups is 2. The van der Waals surface area contributed by atoms with E-state index >= 15 is 0 Å². The first kappa shape index (κ1) is 12.5. The Morgan fingerprint density at radius 1 is 1.27 bits per heavy atom. The second-order valence-corrected chi connectivity index (χ2v) is 5.38. The highest BCUT2D eigenvalue weighted by Crippen LogP contribution is 2.35. The van der Waals surface area contributed by atoms with Gasteiger partial charge in [0.2, 0.25) is 0 Å². The van der Waals surface area contributed by atoms with Crippen LogP contribution in [0.15, 0.2) is 29.2 Å². The number of carbonyl (C=O) groups is 1. The molecule has 0 saturated carbocycles. The van der Waals surface area contributed by atoms with Gasteiger partial charge in [0.05, 0.1) is 0 Å². The molecule has 0 heterocycles. The zero-order valence-corrected chi connectivity index (χ0v) is 10.6. The largest absolute Gasteiger partial charge is 0.480 e. The Labute approximate surface area is 98.5 Å². The van der Waals surface area contributed by atoms with Gasteiger partial charge in [-0.25, -0.2) is 0 Å². The summed E-state index contributed by atoms with van der Waals surface area (Å²) in [6, 6.07) is 7.68. The molecule has 0 saturated heterocycles. The van der Waals surface area contributed by atoms with E-state index in [1.807, 2.05) is 36.8 Å². The minimum absolute atomic E-state index is 0.799. The van der Waals surface area contributed by atoms with Crippen LogP contribution >= 0.6 is 23.5 Å². The fourth-order valence-corrected chi connectivity index (χ4v) is 2.19. The maximum Gasteiger partial charge on any atom is 0.324 e. The van der Waals surface area contributed by atoms with Gasteiger partial charge in [-0.2, -0.15) is 0 Å². The summed E-state index contributed by atoms with van der Waals surface area (Å²) < 4.78 is -0.850. The summed E-state index contributed by atoms with van der Waals surface area (Å²) in [5, 5.41) is 9.19. The number of carboxylic acids is 1. The van der Waals surface area contributed by atoms with E-state index in [-0.39, 0.29) is 0 Å². The molecule has 82 valence electrons. The van der Waals surface area contributed by atoms with E-state index in [1.54, 1.807) is 18.7 Å². The lowest BCUT2D eigenvalue weighted by Gasteiger charge is -2.22. The van der Waals surface area contributed by atoms with Crippen molar-refractivity contribution >= 4 is 29.5 Å². The molecule has 1 unspecified atom stereocenters. The maximum atomic E-state index is 11.2. The van der Waals surface area contributed by atoms with Gasteiger partial charge < -0.3 is 5.11 Å². The van der Waals surface area contributed by atoms with Crippen molar-refractivity contribution in [3.8, 4) is 0 Å². The average Bonchev–Trinajstić information content (AvgIpc) is 2.28. The van der Waals surface area contributed by atoms with Crippen LogP contribution in [-0.4, -0.2) is 23.6 Å². The molecule has 1 aromatic rings. The van der Waals surface area contributed by atoms with Crippen molar-refractivity contribution in [1.29, 1.82) is 0 Å². The zero-order valence-electron chi connectivity index (χ0n) is 8.98. The summed E-state index contributed by atoms with van der Waals surface area (Å²) in [6.07, 6.45) is 3.82. The Morgan fingerprint density at radius 2 is 1.80 bits per heavy atom. The number of rotatable bonds is 4. The molecule has 4 heteroatoms. The van der Waals surface area contributed by atoms with Gasteiger partial charge in [0, 0.05) is 4.90 Å². The molecular formula is C11H14O2S2. The molecule has 0 aliphatic heterocycles. The lowest BCUT2D eigenvalue weighted by Crippen LogP contribution is -2.28. The third-order valence-corrected chi connectivity index (χ3v) is 4.43. The van der Waals surface area contributed by atoms with Gasteiger partial charge in [-0.15, -0.1) is 23.5 Å². The zero-order chi connectivity index (χ0) is 11.5. The van der Waals surface area contributed by atoms with Crippen LogP contribution in [0.3, 0.4) is 0 Å². The summed E-state index contributed by atoms with van der Waals surface area (Å²) in [7, 11) is 0. The SMILES string of the molecule is CSc1ccc(C(C)(SC)C(=O)O)cc1. The molecule has 0 bridgehead atoms. The average molecular weight is 242 g/mol. The number of hydrogen-bond acceptors (Lipinski definition) is 3. The molecule has 0 radical (unpaired) electrons. The van der Waals surface area contributed by atoms with Crippen LogP contribution < -0.4 is 0 Å². The lowest BCUT2D eigenvalue weighted by molar-refractivity contribution is -0.139. The van der Waals surface area contributed by atoms with Crippen LogP contribution in [0.4, 0.5) is 0 Å². The predicted molar refractivity (Wildman–Crippen MR) is 66.7 cm³/mol. The summed E-state index contributed by atoms with van der Waals surface area (Å²) in [5.41, 5.74) is 0.834. The van der Waals surface area contributed by atoms with Crippen LogP contribution in [0.25, 0.3) is 0 Å². The second-order valence-electron chi connectivity index (χ2n) is 3.27. The first-order valence-corrected chi connectivity index (χ1v) is 6.92. The fourth-order valence-electron chi connectivity index (χ4n) is 1.24. The van der Waals surface area contributed by atoms with Crippen molar-refractivity contribution < 1.29 is 9.90 Å². The van der Waals surface area contributed by atoms with Gasteiger partial charge in [-0.05, 0) is 37.1 Å². The molecule has 0 spiro atoms. The molecule has 0 aliphatic carbocycles. The predicted octanol–water partition coefficient (Wildman–Crippen LogP) is 3.07. The van der Waals surface area contributed by atoms with E-state index in [4.69, 9.17) is 0 Å². The van der Waals surface area contributed by atoms with Gasteiger partial charge in [-0.1, -0.05) is 12.1 Å². The van der Waals surface area contributed by atoms with Crippen LogP contribution in [0.1, 0.15) is 12.5 Å². The first-order valence-electron chi connectivity index (χ1n) is 4.47. The van der Waals surface area contributed by atoms with E-state index < -0.39 is 10.7 Å². The Morgan fingerprint density at radius 3 is 2.13 bits per heavy atom. The molecular weight excluding hydrogens is 228 g/mol. The molecule has 0 aliphatic rings. The Hall–Kier alpha value is -0.610. The Balaban J connectivity index is 3.08. The highest BCUT2D eigenvalue weighted by atomic mass is 32.2. The first-order chi connectivity index (χ1) is 7.04.